The smallest absolute Gasteiger partial charge is 0.0299 e. The molecule has 0 spiro atoms. The maximum atomic E-state index is 5.59. The topological polar surface area (TPSA) is 12.9 Å². The fraction of sp³-hybridized carbons (Fsp3) is 0.545. The molecule has 1 rings (SSSR count). The monoisotopic (exact) mass is 197 g/mol. The minimum atomic E-state index is 0.799. The number of aromatic nitrogens is 1. The number of pyridine rings is 1. The van der Waals surface area contributed by atoms with Crippen molar-refractivity contribution < 1.29 is 0 Å². The molecule has 0 fully saturated rings. The van der Waals surface area contributed by atoms with Gasteiger partial charge in [-0.2, -0.15) is 0 Å². The molecular weight excluding hydrogens is 182 g/mol. The number of hydrogen-bond acceptors (Lipinski definition) is 1. The second kappa shape index (κ2) is 6.90. The molecule has 1 aromatic heterocycles. The maximum absolute atomic E-state index is 5.59. The summed E-state index contributed by atoms with van der Waals surface area (Å²) in [5.41, 5.74) is 1.34. The third-order valence-electron chi connectivity index (χ3n) is 2.07. The summed E-state index contributed by atoms with van der Waals surface area (Å²) < 4.78 is 0. The molecule has 0 aromatic carbocycles. The standard InChI is InChI=1S/C11H16ClN/c12-8-4-2-1-3-6-11-7-5-9-13-10-11/h5,7,9-10H,1-4,6,8H2. The van der Waals surface area contributed by atoms with Crippen LogP contribution in [0.5, 0.6) is 0 Å². The van der Waals surface area contributed by atoms with E-state index >= 15 is 0 Å². The van der Waals surface area contributed by atoms with E-state index in [1.807, 2.05) is 18.5 Å². The first-order valence-electron chi connectivity index (χ1n) is 4.88. The fourth-order valence-corrected chi connectivity index (χ4v) is 1.51. The van der Waals surface area contributed by atoms with E-state index in [1.165, 1.54) is 24.8 Å². The van der Waals surface area contributed by atoms with Gasteiger partial charge in [0.25, 0.3) is 0 Å². The molecule has 0 saturated heterocycles. The van der Waals surface area contributed by atoms with E-state index in [9.17, 15) is 0 Å². The Hall–Kier alpha value is -0.560. The molecule has 13 heavy (non-hydrogen) atoms. The van der Waals surface area contributed by atoms with Gasteiger partial charge in [-0.05, 0) is 30.9 Å². The average Bonchev–Trinajstić information content (AvgIpc) is 2.19. The number of rotatable bonds is 6. The van der Waals surface area contributed by atoms with Crippen LogP contribution in [-0.4, -0.2) is 10.9 Å². The van der Waals surface area contributed by atoms with E-state index in [4.69, 9.17) is 11.6 Å². The van der Waals surface area contributed by atoms with E-state index in [0.717, 1.165) is 18.7 Å². The molecule has 1 heterocycles. The van der Waals surface area contributed by atoms with E-state index < -0.39 is 0 Å². The van der Waals surface area contributed by atoms with Crippen LogP contribution in [0, 0.1) is 0 Å². The lowest BCUT2D eigenvalue weighted by Crippen LogP contribution is -1.86. The molecule has 0 bridgehead atoms. The zero-order valence-electron chi connectivity index (χ0n) is 7.88. The van der Waals surface area contributed by atoms with Crippen LogP contribution in [0.1, 0.15) is 31.2 Å². The van der Waals surface area contributed by atoms with Crippen molar-refractivity contribution in [1.29, 1.82) is 0 Å². The number of aryl methyl sites for hydroxylation is 1. The van der Waals surface area contributed by atoms with Crippen molar-refractivity contribution in [2.45, 2.75) is 32.1 Å². The molecule has 0 amide bonds. The summed E-state index contributed by atoms with van der Waals surface area (Å²) >= 11 is 5.59. The lowest BCUT2D eigenvalue weighted by Gasteiger charge is -1.99. The number of hydrogen-bond donors (Lipinski definition) is 0. The Bertz CT molecular complexity index is 211. The summed E-state index contributed by atoms with van der Waals surface area (Å²) in [4.78, 5) is 4.08. The number of unbranched alkanes of at least 4 members (excludes halogenated alkanes) is 3. The maximum Gasteiger partial charge on any atom is 0.0299 e. The van der Waals surface area contributed by atoms with Crippen LogP contribution in [0.15, 0.2) is 24.5 Å². The fourth-order valence-electron chi connectivity index (χ4n) is 1.32. The molecule has 0 atom stereocenters. The van der Waals surface area contributed by atoms with E-state index in [2.05, 4.69) is 11.1 Å². The van der Waals surface area contributed by atoms with Crippen LogP contribution in [0.2, 0.25) is 0 Å². The second-order valence-electron chi connectivity index (χ2n) is 3.21. The molecule has 0 unspecified atom stereocenters. The minimum Gasteiger partial charge on any atom is -0.264 e. The zero-order valence-corrected chi connectivity index (χ0v) is 8.63. The number of halogens is 1. The highest BCUT2D eigenvalue weighted by atomic mass is 35.5. The Morgan fingerprint density at radius 1 is 1.15 bits per heavy atom. The van der Waals surface area contributed by atoms with Gasteiger partial charge in [0.05, 0.1) is 0 Å². The highest BCUT2D eigenvalue weighted by Crippen LogP contribution is 2.06. The van der Waals surface area contributed by atoms with Gasteiger partial charge in [0, 0.05) is 18.3 Å². The molecule has 0 saturated carbocycles. The van der Waals surface area contributed by atoms with E-state index in [1.54, 1.807) is 0 Å². The van der Waals surface area contributed by atoms with E-state index in [-0.39, 0.29) is 0 Å². The normalized spacial score (nSPS) is 10.2. The second-order valence-corrected chi connectivity index (χ2v) is 3.59. The Morgan fingerprint density at radius 3 is 2.69 bits per heavy atom. The van der Waals surface area contributed by atoms with Crippen molar-refractivity contribution >= 4 is 11.6 Å². The number of nitrogens with zero attached hydrogens (tertiary/aromatic N) is 1. The van der Waals surface area contributed by atoms with Crippen molar-refractivity contribution in [3.05, 3.63) is 30.1 Å². The van der Waals surface area contributed by atoms with E-state index in [0.29, 0.717) is 0 Å². The van der Waals surface area contributed by atoms with Crippen LogP contribution >= 0.6 is 11.6 Å². The molecule has 0 aliphatic heterocycles. The third-order valence-corrected chi connectivity index (χ3v) is 2.34. The van der Waals surface area contributed by atoms with Crippen LogP contribution in [0.25, 0.3) is 0 Å². The van der Waals surface area contributed by atoms with Gasteiger partial charge in [-0.15, -0.1) is 11.6 Å². The average molecular weight is 198 g/mol. The molecule has 0 N–H and O–H groups in total. The van der Waals surface area contributed by atoms with Crippen molar-refractivity contribution in [3.63, 3.8) is 0 Å². The predicted octanol–water partition coefficient (Wildman–Crippen LogP) is 3.42. The quantitative estimate of drug-likeness (QED) is 0.503. The van der Waals surface area contributed by atoms with Gasteiger partial charge in [0.1, 0.15) is 0 Å². The summed E-state index contributed by atoms with van der Waals surface area (Å²) in [5.74, 6) is 0.799. The molecule has 0 aliphatic rings. The molecule has 1 aromatic rings. The summed E-state index contributed by atoms with van der Waals surface area (Å²) in [6, 6.07) is 4.13. The van der Waals surface area contributed by atoms with Crippen LogP contribution in [0.3, 0.4) is 0 Å². The van der Waals surface area contributed by atoms with Gasteiger partial charge in [-0.1, -0.05) is 18.9 Å². The van der Waals surface area contributed by atoms with Gasteiger partial charge in [-0.3, -0.25) is 4.98 Å². The summed E-state index contributed by atoms with van der Waals surface area (Å²) in [6.45, 7) is 0. The van der Waals surface area contributed by atoms with Crippen LogP contribution in [0.4, 0.5) is 0 Å². The predicted molar refractivity (Wildman–Crippen MR) is 57.1 cm³/mol. The summed E-state index contributed by atoms with van der Waals surface area (Å²) in [7, 11) is 0. The Kier molecular flexibility index (Phi) is 5.59. The highest BCUT2D eigenvalue weighted by Gasteiger charge is 1.92. The number of alkyl halides is 1. The summed E-state index contributed by atoms with van der Waals surface area (Å²) in [6.07, 6.45) is 9.84. The van der Waals surface area contributed by atoms with Crippen molar-refractivity contribution in [3.8, 4) is 0 Å². The Morgan fingerprint density at radius 2 is 2.00 bits per heavy atom. The Balaban J connectivity index is 2.07. The third kappa shape index (κ3) is 4.89. The SMILES string of the molecule is ClCCCCCCc1cccnc1. The lowest BCUT2D eigenvalue weighted by atomic mass is 10.1. The molecule has 0 radical (unpaired) electrons. The first-order valence-corrected chi connectivity index (χ1v) is 5.42. The van der Waals surface area contributed by atoms with Gasteiger partial charge < -0.3 is 0 Å². The minimum absolute atomic E-state index is 0.799. The Labute approximate surface area is 85.1 Å². The lowest BCUT2D eigenvalue weighted by molar-refractivity contribution is 0.668. The largest absolute Gasteiger partial charge is 0.264 e. The van der Waals surface area contributed by atoms with Crippen molar-refractivity contribution in [2.24, 2.45) is 0 Å². The van der Waals surface area contributed by atoms with Crippen molar-refractivity contribution in [1.82, 2.24) is 4.98 Å². The first-order chi connectivity index (χ1) is 6.43. The molecule has 1 nitrogen and oxygen atoms in total. The van der Waals surface area contributed by atoms with Gasteiger partial charge in [0.15, 0.2) is 0 Å². The highest BCUT2D eigenvalue weighted by molar-refractivity contribution is 6.17. The van der Waals surface area contributed by atoms with Gasteiger partial charge in [0.2, 0.25) is 0 Å². The van der Waals surface area contributed by atoms with Crippen LogP contribution < -0.4 is 0 Å². The molecule has 72 valence electrons. The van der Waals surface area contributed by atoms with Gasteiger partial charge in [-0.25, -0.2) is 0 Å². The first kappa shape index (κ1) is 10.5. The van der Waals surface area contributed by atoms with Crippen LogP contribution in [-0.2, 0) is 6.42 Å². The summed E-state index contributed by atoms with van der Waals surface area (Å²) in [5, 5.41) is 0. The molecule has 0 aliphatic carbocycles. The van der Waals surface area contributed by atoms with Gasteiger partial charge >= 0.3 is 0 Å². The molecular formula is C11H16ClN. The van der Waals surface area contributed by atoms with Crippen molar-refractivity contribution in [2.75, 3.05) is 5.88 Å². The zero-order chi connectivity index (χ0) is 9.36. The molecule has 2 heteroatoms.